The van der Waals surface area contributed by atoms with Gasteiger partial charge in [0, 0.05) is 17.8 Å². The van der Waals surface area contributed by atoms with Gasteiger partial charge < -0.3 is 9.30 Å². The Morgan fingerprint density at radius 2 is 1.97 bits per heavy atom. The smallest absolute Gasteiger partial charge is 0.262 e. The number of benzene rings is 1. The zero-order valence-electron chi connectivity index (χ0n) is 17.5. The lowest BCUT2D eigenvalue weighted by atomic mass is 9.85. The molecule has 1 aromatic carbocycles. The van der Waals surface area contributed by atoms with Gasteiger partial charge in [0.1, 0.15) is 11.6 Å². The van der Waals surface area contributed by atoms with Crippen molar-refractivity contribution >= 4 is 16.7 Å². The maximum absolute atomic E-state index is 13.8. The van der Waals surface area contributed by atoms with Gasteiger partial charge >= 0.3 is 0 Å². The van der Waals surface area contributed by atoms with Crippen LogP contribution in [0.2, 0.25) is 0 Å². The Hall–Kier alpha value is -3.22. The second kappa shape index (κ2) is 7.23. The Bertz CT molecular complexity index is 1310. The van der Waals surface area contributed by atoms with Gasteiger partial charge in [-0.3, -0.25) is 4.79 Å². The first-order valence-corrected chi connectivity index (χ1v) is 10.5. The normalized spacial score (nSPS) is 19.4. The summed E-state index contributed by atoms with van der Waals surface area (Å²) in [6.07, 6.45) is 6.47. The first-order chi connectivity index (χ1) is 14.6. The number of aromatic nitrogens is 5. The van der Waals surface area contributed by atoms with Crippen molar-refractivity contribution < 1.29 is 4.74 Å². The zero-order valence-corrected chi connectivity index (χ0v) is 17.5. The van der Waals surface area contributed by atoms with E-state index in [2.05, 4.69) is 22.0 Å². The van der Waals surface area contributed by atoms with E-state index in [-0.39, 0.29) is 11.6 Å². The fourth-order valence-electron chi connectivity index (χ4n) is 4.70. The summed E-state index contributed by atoms with van der Waals surface area (Å²) in [4.78, 5) is 22.9. The molecule has 1 saturated carbocycles. The van der Waals surface area contributed by atoms with Crippen LogP contribution in [-0.2, 0) is 0 Å². The predicted octanol–water partition coefficient (Wildman–Crippen LogP) is 4.17. The summed E-state index contributed by atoms with van der Waals surface area (Å²) in [5.74, 6) is 2.29. The summed E-state index contributed by atoms with van der Waals surface area (Å²) < 4.78 is 9.02. The molecule has 0 amide bonds. The van der Waals surface area contributed by atoms with Crippen molar-refractivity contribution in [2.45, 2.75) is 45.6 Å². The summed E-state index contributed by atoms with van der Waals surface area (Å²) in [5.41, 5.74) is 2.17. The second-order valence-corrected chi connectivity index (χ2v) is 8.18. The zero-order chi connectivity index (χ0) is 20.8. The molecule has 0 aliphatic heterocycles. The monoisotopic (exact) mass is 403 g/mol. The lowest BCUT2D eigenvalue weighted by molar-refractivity contribution is 0.253. The number of ether oxygens (including phenoxy) is 1. The predicted molar refractivity (Wildman–Crippen MR) is 116 cm³/mol. The molecule has 4 aromatic rings. The van der Waals surface area contributed by atoms with Crippen LogP contribution in [0.1, 0.15) is 44.5 Å². The number of rotatable bonds is 3. The molecule has 3 heterocycles. The van der Waals surface area contributed by atoms with E-state index in [1.807, 2.05) is 48.0 Å². The van der Waals surface area contributed by atoms with Crippen LogP contribution in [-0.4, -0.2) is 31.3 Å². The van der Waals surface area contributed by atoms with Crippen LogP contribution in [0.4, 0.5) is 0 Å². The Morgan fingerprint density at radius 3 is 2.77 bits per heavy atom. The third kappa shape index (κ3) is 2.96. The van der Waals surface area contributed by atoms with Crippen molar-refractivity contribution in [3.63, 3.8) is 0 Å². The maximum atomic E-state index is 13.8. The van der Waals surface area contributed by atoms with Crippen molar-refractivity contribution in [1.82, 2.24) is 24.1 Å². The minimum Gasteiger partial charge on any atom is -0.497 e. The van der Waals surface area contributed by atoms with E-state index >= 15 is 0 Å². The van der Waals surface area contributed by atoms with Crippen molar-refractivity contribution in [2.75, 3.05) is 7.11 Å². The van der Waals surface area contributed by atoms with E-state index < -0.39 is 0 Å². The van der Waals surface area contributed by atoms with Gasteiger partial charge in [-0.25, -0.2) is 4.98 Å². The molecule has 30 heavy (non-hydrogen) atoms. The summed E-state index contributed by atoms with van der Waals surface area (Å²) in [6.45, 7) is 4.07. The molecule has 0 unspecified atom stereocenters. The minimum absolute atomic E-state index is 0.0216. The van der Waals surface area contributed by atoms with Gasteiger partial charge in [-0.05, 0) is 43.9 Å². The molecule has 0 bridgehead atoms. The van der Waals surface area contributed by atoms with E-state index in [0.29, 0.717) is 34.1 Å². The third-order valence-corrected chi connectivity index (χ3v) is 6.23. The summed E-state index contributed by atoms with van der Waals surface area (Å²) in [6, 6.07) is 9.84. The van der Waals surface area contributed by atoms with Gasteiger partial charge in [-0.2, -0.15) is 9.50 Å². The molecule has 0 spiro atoms. The van der Waals surface area contributed by atoms with Gasteiger partial charge in [-0.15, -0.1) is 5.10 Å². The molecule has 1 aliphatic carbocycles. The molecule has 7 nitrogen and oxygen atoms in total. The third-order valence-electron chi connectivity index (χ3n) is 6.23. The molecular formula is C23H25N5O2. The number of fused-ring (bicyclic) bond motifs is 2. The second-order valence-electron chi connectivity index (χ2n) is 8.18. The number of methoxy groups -OCH3 is 1. The minimum atomic E-state index is -0.0216. The molecule has 0 N–H and O–H groups in total. The molecule has 7 heteroatoms. The highest BCUT2D eigenvalue weighted by Crippen LogP contribution is 2.34. The quantitative estimate of drug-likeness (QED) is 0.513. The molecule has 154 valence electrons. The van der Waals surface area contributed by atoms with Crippen molar-refractivity contribution in [3.05, 3.63) is 52.7 Å². The lowest BCUT2D eigenvalue weighted by Crippen LogP contribution is -2.31. The molecule has 0 saturated heterocycles. The van der Waals surface area contributed by atoms with Crippen molar-refractivity contribution in [1.29, 1.82) is 0 Å². The van der Waals surface area contributed by atoms with Crippen LogP contribution in [0, 0.1) is 12.8 Å². The van der Waals surface area contributed by atoms with Crippen molar-refractivity contribution in [3.8, 4) is 17.0 Å². The topological polar surface area (TPSA) is 74.3 Å². The van der Waals surface area contributed by atoms with Gasteiger partial charge in [0.05, 0.1) is 23.7 Å². The molecule has 3 aromatic heterocycles. The average Bonchev–Trinajstić information content (AvgIpc) is 3.13. The molecule has 1 fully saturated rings. The van der Waals surface area contributed by atoms with E-state index in [4.69, 9.17) is 4.74 Å². The molecule has 2 atom stereocenters. The first kappa shape index (κ1) is 18.8. The van der Waals surface area contributed by atoms with Gasteiger partial charge in [0.2, 0.25) is 0 Å². The van der Waals surface area contributed by atoms with Crippen LogP contribution in [0.5, 0.6) is 5.75 Å². The summed E-state index contributed by atoms with van der Waals surface area (Å²) in [7, 11) is 1.64. The number of hydrogen-bond acceptors (Lipinski definition) is 5. The van der Waals surface area contributed by atoms with Crippen LogP contribution in [0.25, 0.3) is 27.9 Å². The largest absolute Gasteiger partial charge is 0.497 e. The standard InChI is InChI=1S/C23H25N5O2/c1-14-7-4-5-10-19(14)27-12-11-18-20(22(27)29)21(16-8-6-9-17(13-16)30-3)28-23(25-18)24-15(2)26-28/h6,8-9,11-14,19H,4-5,7,10H2,1-3H3/t14-,19+/m0/s1. The highest BCUT2D eigenvalue weighted by molar-refractivity contribution is 5.93. The van der Waals surface area contributed by atoms with E-state index in [0.717, 1.165) is 30.6 Å². The lowest BCUT2D eigenvalue weighted by Gasteiger charge is -2.30. The van der Waals surface area contributed by atoms with Crippen LogP contribution in [0.15, 0.2) is 41.3 Å². The van der Waals surface area contributed by atoms with Crippen LogP contribution < -0.4 is 10.3 Å². The van der Waals surface area contributed by atoms with E-state index in [9.17, 15) is 4.79 Å². The van der Waals surface area contributed by atoms with E-state index in [1.165, 1.54) is 6.42 Å². The number of hydrogen-bond donors (Lipinski definition) is 0. The van der Waals surface area contributed by atoms with Crippen LogP contribution in [0.3, 0.4) is 0 Å². The summed E-state index contributed by atoms with van der Waals surface area (Å²) in [5, 5.41) is 5.12. The molecule has 1 aliphatic rings. The maximum Gasteiger partial charge on any atom is 0.262 e. The van der Waals surface area contributed by atoms with E-state index in [1.54, 1.807) is 11.6 Å². The molecule has 5 rings (SSSR count). The fraction of sp³-hybridized carbons (Fsp3) is 0.391. The Kier molecular flexibility index (Phi) is 4.53. The Morgan fingerprint density at radius 1 is 1.13 bits per heavy atom. The number of nitrogens with zero attached hydrogens (tertiary/aromatic N) is 5. The number of aryl methyl sites for hydroxylation is 1. The van der Waals surface area contributed by atoms with Gasteiger partial charge in [-0.1, -0.05) is 31.9 Å². The Balaban J connectivity index is 1.85. The Labute approximate surface area is 174 Å². The molecule has 0 radical (unpaired) electrons. The number of pyridine rings is 1. The fourth-order valence-corrected chi connectivity index (χ4v) is 4.70. The SMILES string of the molecule is COc1cccc(-c2c3c(=O)n([C@@H]4CCCC[C@@H]4C)ccc3nc3nc(C)nn23)c1. The first-order valence-electron chi connectivity index (χ1n) is 10.5. The highest BCUT2D eigenvalue weighted by Gasteiger charge is 2.26. The van der Waals surface area contributed by atoms with Gasteiger partial charge in [0.15, 0.2) is 0 Å². The van der Waals surface area contributed by atoms with Crippen molar-refractivity contribution in [2.24, 2.45) is 5.92 Å². The van der Waals surface area contributed by atoms with Gasteiger partial charge in [0.25, 0.3) is 11.3 Å². The van der Waals surface area contributed by atoms with Crippen LogP contribution >= 0.6 is 0 Å². The average molecular weight is 403 g/mol. The highest BCUT2D eigenvalue weighted by atomic mass is 16.5. The summed E-state index contributed by atoms with van der Waals surface area (Å²) >= 11 is 0. The molecular weight excluding hydrogens is 378 g/mol.